The molecule has 0 aromatic rings. The van der Waals surface area contributed by atoms with Crippen LogP contribution in [0.2, 0.25) is 0 Å². The zero-order chi connectivity index (χ0) is 48.8. The minimum atomic E-state index is -0.851. The Morgan fingerprint density at radius 1 is 0.516 bits per heavy atom. The maximum atomic E-state index is 13.3. The summed E-state index contributed by atoms with van der Waals surface area (Å²) in [5.41, 5.74) is 13.8. The molecule has 0 fully saturated rings. The van der Waals surface area contributed by atoms with E-state index in [1.807, 2.05) is 27.7 Å². The van der Waals surface area contributed by atoms with Crippen molar-refractivity contribution < 1.29 is 47.7 Å². The Balaban J connectivity index is 4.86. The molecule has 0 saturated heterocycles. The van der Waals surface area contributed by atoms with E-state index in [1.54, 1.807) is 27.7 Å². The minimum absolute atomic E-state index is 0.0112. The fourth-order valence-corrected chi connectivity index (χ4v) is 6.77. The summed E-state index contributed by atoms with van der Waals surface area (Å²) in [7, 11) is 0. The van der Waals surface area contributed by atoms with Crippen LogP contribution in [-0.4, -0.2) is 135 Å². The van der Waals surface area contributed by atoms with Gasteiger partial charge < -0.3 is 62.7 Å². The fraction of sp³-hybridized carbons (Fsp3) is 0.864. The SMILES string of the molecule is CC(=O)N[C@H](CCCCNS)C(=O)NCCC(C)(C)OCCOC(C)(C)CC(=O)N[C@H](CCCCN)C(=O)NCCC(C)(C)OCCOC(C)(C)CC(=O)N[C@H](CCCCN)C(N)=O. The number of primary amides is 1. The summed E-state index contributed by atoms with van der Waals surface area (Å²) < 4.78 is 26.9. The second-order valence-electron chi connectivity index (χ2n) is 18.7. The van der Waals surface area contributed by atoms with E-state index in [9.17, 15) is 28.8 Å². The average molecular weight is 934 g/mol. The molecule has 0 bridgehead atoms. The largest absolute Gasteiger partial charge is 0.373 e. The van der Waals surface area contributed by atoms with Gasteiger partial charge in [-0.1, -0.05) is 12.8 Å². The third kappa shape index (κ3) is 31.7. The maximum Gasteiger partial charge on any atom is 0.242 e. The van der Waals surface area contributed by atoms with E-state index >= 15 is 0 Å². The van der Waals surface area contributed by atoms with Crippen molar-refractivity contribution in [2.24, 2.45) is 17.2 Å². The van der Waals surface area contributed by atoms with Crippen molar-refractivity contribution in [3.8, 4) is 0 Å². The Bertz CT molecular complexity index is 1390. The number of thiol groups is 1. The van der Waals surface area contributed by atoms with E-state index in [1.165, 1.54) is 6.92 Å². The highest BCUT2D eigenvalue weighted by Gasteiger charge is 2.29. The van der Waals surface area contributed by atoms with Gasteiger partial charge in [0.15, 0.2) is 0 Å². The lowest BCUT2D eigenvalue weighted by atomic mass is 10.0. The van der Waals surface area contributed by atoms with Gasteiger partial charge in [0.05, 0.1) is 61.7 Å². The lowest BCUT2D eigenvalue weighted by Gasteiger charge is -2.29. The van der Waals surface area contributed by atoms with E-state index in [0.29, 0.717) is 84.1 Å². The smallest absolute Gasteiger partial charge is 0.242 e. The van der Waals surface area contributed by atoms with E-state index < -0.39 is 46.4 Å². The molecule has 0 spiro atoms. The van der Waals surface area contributed by atoms with Crippen molar-refractivity contribution in [1.82, 2.24) is 31.3 Å². The Labute approximate surface area is 388 Å². The normalized spacial score (nSPS) is 13.7. The van der Waals surface area contributed by atoms with Crippen LogP contribution in [0.3, 0.4) is 0 Å². The van der Waals surface area contributed by atoms with Gasteiger partial charge in [-0.15, -0.1) is 0 Å². The van der Waals surface area contributed by atoms with Gasteiger partial charge >= 0.3 is 0 Å². The summed E-state index contributed by atoms with van der Waals surface area (Å²) in [5, 5.41) is 14.1. The standard InChI is InChI=1S/C44H87N9O10S/c1-32(54)51-34(18-12-15-23-50-64)39(58)48-24-19-41(2,3)60-27-29-63-44(8,9)31-37(56)53-35(17-11-14-22-46)40(59)49-25-20-42(4,5)61-26-28-62-43(6,7)30-36(55)52-33(38(47)57)16-10-13-21-45/h33-35,50,64H,10-31,45-46H2,1-9H3,(H2,47,57)(H,48,58)(H,49,59)(H,51,54)(H,52,55)(H,53,56)/t33-,34-,35-/m1/s1. The number of carbonyl (C=O) groups excluding carboxylic acids is 6. The first kappa shape index (κ1) is 60.9. The van der Waals surface area contributed by atoms with Crippen LogP contribution >= 0.6 is 12.8 Å². The van der Waals surface area contributed by atoms with Gasteiger partial charge in [0.1, 0.15) is 18.1 Å². The fourth-order valence-electron chi connectivity index (χ4n) is 6.61. The van der Waals surface area contributed by atoms with Gasteiger partial charge in [-0.2, -0.15) is 0 Å². The van der Waals surface area contributed by atoms with Crippen molar-refractivity contribution in [2.45, 2.75) is 186 Å². The van der Waals surface area contributed by atoms with Crippen LogP contribution in [0, 0.1) is 0 Å². The van der Waals surface area contributed by atoms with E-state index in [0.717, 1.165) is 19.3 Å². The first-order valence-electron chi connectivity index (χ1n) is 22.9. The number of ether oxygens (including phenoxy) is 4. The van der Waals surface area contributed by atoms with Crippen molar-refractivity contribution >= 4 is 48.3 Å². The second kappa shape index (κ2) is 32.5. The highest BCUT2D eigenvalue weighted by molar-refractivity contribution is 7.78. The van der Waals surface area contributed by atoms with Crippen LogP contribution in [-0.2, 0) is 47.7 Å². The van der Waals surface area contributed by atoms with Gasteiger partial charge in [0.25, 0.3) is 0 Å². The van der Waals surface area contributed by atoms with Crippen molar-refractivity contribution in [3.63, 3.8) is 0 Å². The third-order valence-corrected chi connectivity index (χ3v) is 10.5. The molecule has 3 atom stereocenters. The molecule has 0 saturated carbocycles. The average Bonchev–Trinajstić information content (AvgIpc) is 3.18. The highest BCUT2D eigenvalue weighted by Crippen LogP contribution is 2.19. The molecule has 64 heavy (non-hydrogen) atoms. The summed E-state index contributed by atoms with van der Waals surface area (Å²) in [5.74, 6) is -2.07. The molecule has 12 N–H and O–H groups in total. The van der Waals surface area contributed by atoms with Crippen molar-refractivity contribution in [3.05, 3.63) is 0 Å². The van der Waals surface area contributed by atoms with Crippen molar-refractivity contribution in [1.29, 1.82) is 0 Å². The molecule has 20 heteroatoms. The Morgan fingerprint density at radius 3 is 1.25 bits per heavy atom. The Morgan fingerprint density at radius 2 is 0.875 bits per heavy atom. The first-order chi connectivity index (χ1) is 29.9. The van der Waals surface area contributed by atoms with Gasteiger partial charge in [0, 0.05) is 26.6 Å². The molecule has 19 nitrogen and oxygen atoms in total. The molecule has 0 aromatic carbocycles. The summed E-state index contributed by atoms with van der Waals surface area (Å²) in [6.45, 7) is 19.5. The summed E-state index contributed by atoms with van der Waals surface area (Å²) in [6.07, 6.45) is 6.76. The van der Waals surface area contributed by atoms with Crippen LogP contribution in [0.25, 0.3) is 0 Å². The van der Waals surface area contributed by atoms with Crippen molar-refractivity contribution in [2.75, 3.05) is 59.2 Å². The molecule has 0 rings (SSSR count). The maximum absolute atomic E-state index is 13.3. The third-order valence-electron chi connectivity index (χ3n) is 10.3. The van der Waals surface area contributed by atoms with Gasteiger partial charge in [-0.25, -0.2) is 0 Å². The van der Waals surface area contributed by atoms with E-state index in [-0.39, 0.29) is 68.8 Å². The predicted octanol–water partition coefficient (Wildman–Crippen LogP) is 1.78. The van der Waals surface area contributed by atoms with Gasteiger partial charge in [-0.3, -0.25) is 33.5 Å². The molecule has 0 aliphatic carbocycles. The number of hydrogen-bond acceptors (Lipinski definition) is 14. The van der Waals surface area contributed by atoms with Crippen LogP contribution < -0.4 is 48.5 Å². The summed E-state index contributed by atoms with van der Waals surface area (Å²) >= 11 is 3.98. The first-order valence-corrected chi connectivity index (χ1v) is 23.4. The zero-order valence-electron chi connectivity index (χ0n) is 40.6. The number of carbonyl (C=O) groups is 6. The number of nitrogens with one attached hydrogen (secondary N) is 6. The molecule has 6 amide bonds. The number of rotatable bonds is 39. The molecular weight excluding hydrogens is 847 g/mol. The van der Waals surface area contributed by atoms with Crippen LogP contribution in [0.15, 0.2) is 0 Å². The van der Waals surface area contributed by atoms with Crippen LogP contribution in [0.4, 0.5) is 0 Å². The number of hydrogen-bond donors (Lipinski definition) is 10. The zero-order valence-corrected chi connectivity index (χ0v) is 41.4. The molecule has 0 heterocycles. The number of nitrogens with two attached hydrogens (primary N) is 3. The molecule has 0 aliphatic heterocycles. The Hall–Kier alpha value is -3.11. The Kier molecular flexibility index (Phi) is 31.0. The number of unbranched alkanes of at least 4 members (excludes halogenated alkanes) is 3. The summed E-state index contributed by atoms with van der Waals surface area (Å²) in [4.78, 5) is 75.4. The predicted molar refractivity (Wildman–Crippen MR) is 252 cm³/mol. The molecule has 0 aromatic heterocycles. The van der Waals surface area contributed by atoms with Gasteiger partial charge in [-0.05, 0) is 139 Å². The highest BCUT2D eigenvalue weighted by atomic mass is 32.1. The molecule has 0 radical (unpaired) electrons. The second-order valence-corrected chi connectivity index (χ2v) is 19.1. The molecule has 0 aliphatic rings. The molecule has 374 valence electrons. The monoisotopic (exact) mass is 934 g/mol. The van der Waals surface area contributed by atoms with Crippen LogP contribution in [0.5, 0.6) is 0 Å². The molecular formula is C44H87N9O10S. The number of amides is 6. The minimum Gasteiger partial charge on any atom is -0.373 e. The summed E-state index contributed by atoms with van der Waals surface area (Å²) in [6, 6.07) is -2.13. The lowest BCUT2D eigenvalue weighted by Crippen LogP contribution is -2.49. The van der Waals surface area contributed by atoms with Gasteiger partial charge in [0.2, 0.25) is 35.4 Å². The lowest BCUT2D eigenvalue weighted by molar-refractivity contribution is -0.135. The topological polar surface area (TPSA) is 290 Å². The molecule has 0 unspecified atom stereocenters. The van der Waals surface area contributed by atoms with Crippen LogP contribution in [0.1, 0.15) is 146 Å². The quantitative estimate of drug-likeness (QED) is 0.0311. The van der Waals surface area contributed by atoms with E-state index in [4.69, 9.17) is 36.1 Å². The van der Waals surface area contributed by atoms with E-state index in [2.05, 4.69) is 44.1 Å².